The molecule has 1 aliphatic heterocycles. The van der Waals surface area contributed by atoms with Gasteiger partial charge in [-0.15, -0.1) is 0 Å². The Kier molecular flexibility index (Phi) is 6.87. The van der Waals surface area contributed by atoms with E-state index in [4.69, 9.17) is 4.74 Å². The van der Waals surface area contributed by atoms with E-state index in [1.54, 1.807) is 11.8 Å². The number of aryl methyl sites for hydroxylation is 1. The number of rotatable bonds is 6. The predicted molar refractivity (Wildman–Crippen MR) is 131 cm³/mol. The number of benzene rings is 2. The Balaban J connectivity index is 1.45. The van der Waals surface area contributed by atoms with Crippen LogP contribution in [0, 0.1) is 6.92 Å². The summed E-state index contributed by atoms with van der Waals surface area (Å²) < 4.78 is 5.32. The third kappa shape index (κ3) is 4.97. The molecule has 174 valence electrons. The summed E-state index contributed by atoms with van der Waals surface area (Å²) in [5.74, 6) is -0.667. The first-order valence-corrected chi connectivity index (χ1v) is 11.6. The van der Waals surface area contributed by atoms with Gasteiger partial charge in [0.25, 0.3) is 0 Å². The number of carbonyl (C=O) groups is 2. The SMILES string of the molecule is CCOC(=O)[C@H](NC(=O)N1CCN(c2ccc(C)cc2)CC1)[C@@H](C)c1c[nH]c2ccccc12. The number of urea groups is 1. The van der Waals surface area contributed by atoms with E-state index in [0.717, 1.165) is 35.2 Å². The number of amides is 2. The van der Waals surface area contributed by atoms with Crippen LogP contribution in [-0.2, 0) is 9.53 Å². The molecule has 2 N–H and O–H groups in total. The number of fused-ring (bicyclic) bond motifs is 1. The molecular formula is C26H32N4O3. The molecule has 7 nitrogen and oxygen atoms in total. The van der Waals surface area contributed by atoms with Crippen molar-refractivity contribution in [1.82, 2.24) is 15.2 Å². The van der Waals surface area contributed by atoms with Crippen LogP contribution in [-0.4, -0.2) is 60.7 Å². The van der Waals surface area contributed by atoms with Crippen LogP contribution in [0.25, 0.3) is 10.9 Å². The van der Waals surface area contributed by atoms with E-state index >= 15 is 0 Å². The third-order valence-corrected chi connectivity index (χ3v) is 6.40. The molecule has 0 aliphatic carbocycles. The molecule has 1 saturated heterocycles. The second kappa shape index (κ2) is 9.98. The summed E-state index contributed by atoms with van der Waals surface area (Å²) in [5, 5.41) is 4.01. The topological polar surface area (TPSA) is 77.7 Å². The van der Waals surface area contributed by atoms with Crippen molar-refractivity contribution >= 4 is 28.6 Å². The van der Waals surface area contributed by atoms with Gasteiger partial charge in [-0.1, -0.05) is 42.8 Å². The number of hydrogen-bond donors (Lipinski definition) is 2. The average Bonchev–Trinajstić information content (AvgIpc) is 3.27. The monoisotopic (exact) mass is 448 g/mol. The molecule has 1 aliphatic rings. The lowest BCUT2D eigenvalue weighted by molar-refractivity contribution is -0.145. The van der Waals surface area contributed by atoms with E-state index in [0.29, 0.717) is 13.1 Å². The number of H-pyrrole nitrogens is 1. The number of carbonyl (C=O) groups excluding carboxylic acids is 2. The number of esters is 1. The molecule has 4 rings (SSSR count). The Morgan fingerprint density at radius 1 is 1.06 bits per heavy atom. The Hall–Kier alpha value is -3.48. The van der Waals surface area contributed by atoms with Gasteiger partial charge in [-0.25, -0.2) is 9.59 Å². The lowest BCUT2D eigenvalue weighted by atomic mass is 9.93. The van der Waals surface area contributed by atoms with Gasteiger partial charge in [0, 0.05) is 54.9 Å². The zero-order valence-electron chi connectivity index (χ0n) is 19.5. The van der Waals surface area contributed by atoms with Crippen LogP contribution < -0.4 is 10.2 Å². The van der Waals surface area contributed by atoms with Crippen molar-refractivity contribution in [2.75, 3.05) is 37.7 Å². The number of nitrogens with one attached hydrogen (secondary N) is 2. The van der Waals surface area contributed by atoms with Crippen molar-refractivity contribution in [3.63, 3.8) is 0 Å². The van der Waals surface area contributed by atoms with Gasteiger partial charge in [0.1, 0.15) is 6.04 Å². The first kappa shape index (κ1) is 22.7. The van der Waals surface area contributed by atoms with Gasteiger partial charge < -0.3 is 24.8 Å². The van der Waals surface area contributed by atoms with Gasteiger partial charge in [-0.3, -0.25) is 0 Å². The van der Waals surface area contributed by atoms with Gasteiger partial charge in [-0.2, -0.15) is 0 Å². The molecular weight excluding hydrogens is 416 g/mol. The molecule has 0 unspecified atom stereocenters. The van der Waals surface area contributed by atoms with Crippen molar-refractivity contribution in [3.05, 3.63) is 65.9 Å². The largest absolute Gasteiger partial charge is 0.464 e. The lowest BCUT2D eigenvalue weighted by Crippen LogP contribution is -2.55. The molecule has 7 heteroatoms. The summed E-state index contributed by atoms with van der Waals surface area (Å²) in [6.45, 7) is 8.75. The summed E-state index contributed by atoms with van der Waals surface area (Å²) >= 11 is 0. The summed E-state index contributed by atoms with van der Waals surface area (Å²) in [5.41, 5.74) is 4.37. The minimum atomic E-state index is -0.771. The van der Waals surface area contributed by atoms with Crippen LogP contribution in [0.3, 0.4) is 0 Å². The van der Waals surface area contributed by atoms with E-state index in [-0.39, 0.29) is 18.6 Å². The van der Waals surface area contributed by atoms with E-state index < -0.39 is 12.0 Å². The number of piperazine rings is 1. The molecule has 2 aromatic carbocycles. The maximum absolute atomic E-state index is 13.1. The van der Waals surface area contributed by atoms with Crippen LogP contribution in [0.15, 0.2) is 54.7 Å². The molecule has 1 fully saturated rings. The van der Waals surface area contributed by atoms with Crippen LogP contribution in [0.5, 0.6) is 0 Å². The van der Waals surface area contributed by atoms with Crippen molar-refractivity contribution in [2.45, 2.75) is 32.7 Å². The highest BCUT2D eigenvalue weighted by Gasteiger charge is 2.33. The van der Waals surface area contributed by atoms with E-state index in [2.05, 4.69) is 46.4 Å². The molecule has 2 amide bonds. The summed E-state index contributed by atoms with van der Waals surface area (Å²) in [4.78, 5) is 33.3. The van der Waals surface area contributed by atoms with Gasteiger partial charge in [0.05, 0.1) is 6.61 Å². The van der Waals surface area contributed by atoms with Crippen LogP contribution in [0.4, 0.5) is 10.5 Å². The highest BCUT2D eigenvalue weighted by Crippen LogP contribution is 2.28. The minimum Gasteiger partial charge on any atom is -0.464 e. The number of aromatic amines is 1. The second-order valence-corrected chi connectivity index (χ2v) is 8.57. The average molecular weight is 449 g/mol. The minimum absolute atomic E-state index is 0.233. The van der Waals surface area contributed by atoms with Gasteiger partial charge >= 0.3 is 12.0 Å². The van der Waals surface area contributed by atoms with E-state index in [1.165, 1.54) is 5.56 Å². The van der Waals surface area contributed by atoms with Crippen molar-refractivity contribution < 1.29 is 14.3 Å². The molecule has 0 saturated carbocycles. The number of nitrogens with zero attached hydrogens (tertiary/aromatic N) is 2. The number of aromatic nitrogens is 1. The number of hydrogen-bond acceptors (Lipinski definition) is 4. The molecule has 3 aromatic rings. The Labute approximate surface area is 194 Å². The summed E-state index contributed by atoms with van der Waals surface area (Å²) in [6, 6.07) is 15.4. The molecule has 2 atom stereocenters. The number of anilines is 1. The van der Waals surface area contributed by atoms with E-state index in [9.17, 15) is 9.59 Å². The smallest absolute Gasteiger partial charge is 0.329 e. The Morgan fingerprint density at radius 2 is 1.76 bits per heavy atom. The standard InChI is InChI=1S/C26H32N4O3/c1-4-33-25(31)24(19(3)22-17-27-23-8-6-5-7-21(22)23)28-26(32)30-15-13-29(14-16-30)20-11-9-18(2)10-12-20/h5-12,17,19,24,27H,4,13-16H2,1-3H3,(H,28,32)/t19-,24+/m0/s1. The molecule has 1 aromatic heterocycles. The first-order chi connectivity index (χ1) is 16.0. The molecule has 33 heavy (non-hydrogen) atoms. The van der Waals surface area contributed by atoms with Gasteiger partial charge in [-0.05, 0) is 37.6 Å². The Morgan fingerprint density at radius 3 is 2.45 bits per heavy atom. The second-order valence-electron chi connectivity index (χ2n) is 8.57. The zero-order chi connectivity index (χ0) is 23.4. The quantitative estimate of drug-likeness (QED) is 0.558. The Bertz CT molecular complexity index is 1100. The summed E-state index contributed by atoms with van der Waals surface area (Å²) in [7, 11) is 0. The highest BCUT2D eigenvalue weighted by molar-refractivity contribution is 5.88. The summed E-state index contributed by atoms with van der Waals surface area (Å²) in [6.07, 6.45) is 1.91. The van der Waals surface area contributed by atoms with Gasteiger partial charge in [0.15, 0.2) is 0 Å². The van der Waals surface area contributed by atoms with Crippen molar-refractivity contribution in [2.24, 2.45) is 0 Å². The molecule has 0 spiro atoms. The lowest BCUT2D eigenvalue weighted by Gasteiger charge is -2.37. The molecule has 0 radical (unpaired) electrons. The van der Waals surface area contributed by atoms with Crippen LogP contribution in [0.2, 0.25) is 0 Å². The number of ether oxygens (including phenoxy) is 1. The van der Waals surface area contributed by atoms with Crippen LogP contribution >= 0.6 is 0 Å². The number of para-hydroxylation sites is 1. The van der Waals surface area contributed by atoms with Crippen LogP contribution in [0.1, 0.15) is 30.9 Å². The fourth-order valence-corrected chi connectivity index (χ4v) is 4.42. The first-order valence-electron chi connectivity index (χ1n) is 11.6. The highest BCUT2D eigenvalue weighted by atomic mass is 16.5. The maximum atomic E-state index is 13.1. The van der Waals surface area contributed by atoms with E-state index in [1.807, 2.05) is 37.4 Å². The third-order valence-electron chi connectivity index (χ3n) is 6.40. The fraction of sp³-hybridized carbons (Fsp3) is 0.385. The van der Waals surface area contributed by atoms with Gasteiger partial charge in [0.2, 0.25) is 0 Å². The molecule has 2 heterocycles. The molecule has 0 bridgehead atoms. The van der Waals surface area contributed by atoms with Crippen molar-refractivity contribution in [1.29, 1.82) is 0 Å². The van der Waals surface area contributed by atoms with Crippen molar-refractivity contribution in [3.8, 4) is 0 Å². The fourth-order valence-electron chi connectivity index (χ4n) is 4.42. The maximum Gasteiger partial charge on any atom is 0.329 e. The normalized spacial score (nSPS) is 15.8. The predicted octanol–water partition coefficient (Wildman–Crippen LogP) is 4.04. The zero-order valence-corrected chi connectivity index (χ0v) is 19.5.